The lowest BCUT2D eigenvalue weighted by atomic mass is 9.88. The summed E-state index contributed by atoms with van der Waals surface area (Å²) in [4.78, 5) is 12.0. The average Bonchev–Trinajstić information content (AvgIpc) is 2.28. The van der Waals surface area contributed by atoms with E-state index in [1.165, 1.54) is 18.2 Å². The van der Waals surface area contributed by atoms with Crippen molar-refractivity contribution in [3.63, 3.8) is 0 Å². The van der Waals surface area contributed by atoms with Gasteiger partial charge >= 0.3 is 0 Å². The maximum Gasteiger partial charge on any atom is 0.170 e. The lowest BCUT2D eigenvalue weighted by Crippen LogP contribution is -2.45. The second-order valence-electron chi connectivity index (χ2n) is 4.31. The molecule has 1 aliphatic heterocycles. The quantitative estimate of drug-likeness (QED) is 0.812. The Bertz CT molecular complexity index is 444. The van der Waals surface area contributed by atoms with E-state index in [0.29, 0.717) is 24.3 Å². The minimum absolute atomic E-state index is 0.0230. The number of ketones is 1. The van der Waals surface area contributed by atoms with Crippen molar-refractivity contribution in [2.24, 2.45) is 0 Å². The summed E-state index contributed by atoms with van der Waals surface area (Å²) in [6.45, 7) is 2.25. The molecule has 0 bridgehead atoms. The van der Waals surface area contributed by atoms with Gasteiger partial charge in [0.2, 0.25) is 0 Å². The van der Waals surface area contributed by atoms with Gasteiger partial charge in [0.05, 0.1) is 18.6 Å². The zero-order chi connectivity index (χ0) is 12.5. The molecule has 0 saturated heterocycles. The summed E-state index contributed by atoms with van der Waals surface area (Å²) in [5.74, 6) is -0.105. The lowest BCUT2D eigenvalue weighted by molar-refractivity contribution is -0.0213. The predicted molar refractivity (Wildman–Crippen MR) is 60.9 cm³/mol. The fraction of sp³-hybridized carbons (Fsp3) is 0.462. The maximum absolute atomic E-state index is 13.1. The molecule has 0 amide bonds. The highest BCUT2D eigenvalue weighted by Gasteiger charge is 2.39. The molecule has 0 radical (unpaired) electrons. The number of fused-ring (bicyclic) bond motifs is 1. The van der Waals surface area contributed by atoms with Crippen LogP contribution in [0.25, 0.3) is 0 Å². The number of carbonyl (C=O) groups is 1. The van der Waals surface area contributed by atoms with E-state index in [0.717, 1.165) is 0 Å². The third kappa shape index (κ3) is 2.17. The van der Waals surface area contributed by atoms with Crippen LogP contribution in [0.4, 0.5) is 4.39 Å². The van der Waals surface area contributed by atoms with E-state index in [4.69, 9.17) is 9.47 Å². The van der Waals surface area contributed by atoms with E-state index in [2.05, 4.69) is 0 Å². The van der Waals surface area contributed by atoms with Gasteiger partial charge in [-0.15, -0.1) is 0 Å². The number of hydrogen-bond donors (Lipinski definition) is 0. The van der Waals surface area contributed by atoms with Crippen LogP contribution in [0.2, 0.25) is 0 Å². The minimum atomic E-state index is -0.660. The van der Waals surface area contributed by atoms with E-state index < -0.39 is 11.4 Å². The van der Waals surface area contributed by atoms with Crippen molar-refractivity contribution in [2.45, 2.75) is 25.4 Å². The summed E-state index contributed by atoms with van der Waals surface area (Å²) in [5, 5.41) is 0. The molecule has 17 heavy (non-hydrogen) atoms. The second-order valence-corrected chi connectivity index (χ2v) is 4.31. The zero-order valence-electron chi connectivity index (χ0n) is 9.96. The Morgan fingerprint density at radius 2 is 2.29 bits per heavy atom. The van der Waals surface area contributed by atoms with Crippen LogP contribution in [0.5, 0.6) is 5.75 Å². The largest absolute Gasteiger partial charge is 0.484 e. The molecular weight excluding hydrogens is 223 g/mol. The van der Waals surface area contributed by atoms with E-state index in [9.17, 15) is 9.18 Å². The van der Waals surface area contributed by atoms with Crippen molar-refractivity contribution in [2.75, 3.05) is 13.7 Å². The van der Waals surface area contributed by atoms with Crippen LogP contribution >= 0.6 is 0 Å². The standard InChI is InChI=1S/C13H15FO3/c1-3-13(8-16-2)7-11(15)10-5-4-9(14)6-12(10)17-13/h4-6H,3,7-8H2,1-2H3. The summed E-state index contributed by atoms with van der Waals surface area (Å²) in [6.07, 6.45) is 0.915. The normalized spacial score (nSPS) is 23.1. The number of benzene rings is 1. The molecule has 1 unspecified atom stereocenters. The molecule has 0 spiro atoms. The molecule has 0 aliphatic carbocycles. The zero-order valence-corrected chi connectivity index (χ0v) is 9.96. The van der Waals surface area contributed by atoms with Gasteiger partial charge in [-0.2, -0.15) is 0 Å². The molecule has 1 aromatic rings. The van der Waals surface area contributed by atoms with Gasteiger partial charge in [-0.25, -0.2) is 4.39 Å². The Kier molecular flexibility index (Phi) is 3.15. The van der Waals surface area contributed by atoms with Crippen LogP contribution in [-0.4, -0.2) is 25.1 Å². The molecule has 2 rings (SSSR count). The third-order valence-electron chi connectivity index (χ3n) is 3.10. The summed E-state index contributed by atoms with van der Waals surface area (Å²) in [6, 6.07) is 4.00. The fourth-order valence-electron chi connectivity index (χ4n) is 2.11. The second kappa shape index (κ2) is 4.45. The first kappa shape index (κ1) is 12.0. The first-order chi connectivity index (χ1) is 8.10. The number of hydrogen-bond acceptors (Lipinski definition) is 3. The Labute approximate surface area is 99.5 Å². The van der Waals surface area contributed by atoms with Gasteiger partial charge in [-0.05, 0) is 18.6 Å². The van der Waals surface area contributed by atoms with E-state index >= 15 is 0 Å². The van der Waals surface area contributed by atoms with Crippen LogP contribution in [0.15, 0.2) is 18.2 Å². The van der Waals surface area contributed by atoms with E-state index in [-0.39, 0.29) is 12.2 Å². The van der Waals surface area contributed by atoms with Crippen molar-refractivity contribution >= 4 is 5.78 Å². The number of Topliss-reactive ketones (excluding diaryl/α,β-unsaturated/α-hetero) is 1. The van der Waals surface area contributed by atoms with Gasteiger partial charge in [0, 0.05) is 13.2 Å². The lowest BCUT2D eigenvalue weighted by Gasteiger charge is -2.36. The molecule has 0 saturated carbocycles. The summed E-state index contributed by atoms with van der Waals surface area (Å²) in [7, 11) is 1.56. The SMILES string of the molecule is CCC1(COC)CC(=O)c2ccc(F)cc2O1. The Balaban J connectivity index is 2.40. The van der Waals surface area contributed by atoms with Gasteiger partial charge in [-0.1, -0.05) is 6.92 Å². The molecular formula is C13H15FO3. The molecule has 0 N–H and O–H groups in total. The Hall–Kier alpha value is -1.42. The van der Waals surface area contributed by atoms with Crippen molar-refractivity contribution < 1.29 is 18.7 Å². The van der Waals surface area contributed by atoms with Gasteiger partial charge in [0.1, 0.15) is 17.2 Å². The van der Waals surface area contributed by atoms with E-state index in [1.807, 2.05) is 6.92 Å². The molecule has 3 nitrogen and oxygen atoms in total. The van der Waals surface area contributed by atoms with E-state index in [1.54, 1.807) is 7.11 Å². The van der Waals surface area contributed by atoms with Gasteiger partial charge in [0.15, 0.2) is 5.78 Å². The monoisotopic (exact) mass is 238 g/mol. The third-order valence-corrected chi connectivity index (χ3v) is 3.10. The molecule has 1 aromatic carbocycles. The van der Waals surface area contributed by atoms with Crippen molar-refractivity contribution in [3.05, 3.63) is 29.6 Å². The van der Waals surface area contributed by atoms with Crippen molar-refractivity contribution in [1.82, 2.24) is 0 Å². The molecule has 1 atom stereocenters. The summed E-state index contributed by atoms with van der Waals surface area (Å²) < 4.78 is 24.0. The predicted octanol–water partition coefficient (Wildman–Crippen LogP) is 2.59. The van der Waals surface area contributed by atoms with Gasteiger partial charge < -0.3 is 9.47 Å². The molecule has 92 valence electrons. The molecule has 0 fully saturated rings. The van der Waals surface area contributed by atoms with Crippen LogP contribution in [0.1, 0.15) is 30.1 Å². The number of ether oxygens (including phenoxy) is 2. The summed E-state index contributed by atoms with van der Waals surface area (Å²) in [5.41, 5.74) is -0.210. The van der Waals surface area contributed by atoms with Crippen LogP contribution in [0.3, 0.4) is 0 Å². The molecule has 1 heterocycles. The van der Waals surface area contributed by atoms with Crippen LogP contribution in [0, 0.1) is 5.82 Å². The van der Waals surface area contributed by atoms with Gasteiger partial charge in [0.25, 0.3) is 0 Å². The smallest absolute Gasteiger partial charge is 0.170 e. The maximum atomic E-state index is 13.1. The molecule has 0 aromatic heterocycles. The van der Waals surface area contributed by atoms with Crippen molar-refractivity contribution in [3.8, 4) is 5.75 Å². The molecule has 4 heteroatoms. The van der Waals surface area contributed by atoms with Crippen LogP contribution in [-0.2, 0) is 4.74 Å². The topological polar surface area (TPSA) is 35.5 Å². The first-order valence-corrected chi connectivity index (χ1v) is 5.61. The number of rotatable bonds is 3. The van der Waals surface area contributed by atoms with Crippen molar-refractivity contribution in [1.29, 1.82) is 0 Å². The van der Waals surface area contributed by atoms with Gasteiger partial charge in [-0.3, -0.25) is 4.79 Å². The summed E-state index contributed by atoms with van der Waals surface area (Å²) >= 11 is 0. The highest BCUT2D eigenvalue weighted by atomic mass is 19.1. The highest BCUT2D eigenvalue weighted by molar-refractivity contribution is 6.00. The highest BCUT2D eigenvalue weighted by Crippen LogP contribution is 2.35. The van der Waals surface area contributed by atoms with Crippen LogP contribution < -0.4 is 4.74 Å². The fourth-order valence-corrected chi connectivity index (χ4v) is 2.11. The average molecular weight is 238 g/mol. The first-order valence-electron chi connectivity index (χ1n) is 5.61. The number of methoxy groups -OCH3 is 1. The number of carbonyl (C=O) groups excluding carboxylic acids is 1. The molecule has 1 aliphatic rings. The Morgan fingerprint density at radius 1 is 1.53 bits per heavy atom. The Morgan fingerprint density at radius 3 is 2.94 bits per heavy atom. The minimum Gasteiger partial charge on any atom is -0.484 e. The number of halogens is 1.